The van der Waals surface area contributed by atoms with E-state index in [9.17, 15) is 4.79 Å². The van der Waals surface area contributed by atoms with Gasteiger partial charge < -0.3 is 14.8 Å². The largest absolute Gasteiger partial charge is 0.496 e. The number of methoxy groups -OCH3 is 1. The van der Waals surface area contributed by atoms with E-state index < -0.39 is 0 Å². The molecule has 0 aliphatic rings. The van der Waals surface area contributed by atoms with E-state index in [1.54, 1.807) is 43.6 Å². The Morgan fingerprint density at radius 1 is 1.33 bits per heavy atom. The molecule has 0 radical (unpaired) electrons. The average Bonchev–Trinajstić information content (AvgIpc) is 2.49. The van der Waals surface area contributed by atoms with Crippen LogP contribution in [0.25, 0.3) is 0 Å². The molecule has 1 N–H and O–H groups in total. The highest BCUT2D eigenvalue weighted by Crippen LogP contribution is 2.25. The molecule has 1 aromatic carbocycles. The zero-order valence-electron chi connectivity index (χ0n) is 11.7. The molecule has 0 aliphatic heterocycles. The lowest BCUT2D eigenvalue weighted by Crippen LogP contribution is -2.12. The molecule has 21 heavy (non-hydrogen) atoms. The Bertz CT molecular complexity index is 629. The first-order chi connectivity index (χ1) is 10.1. The van der Waals surface area contributed by atoms with Crippen LogP contribution < -0.4 is 14.8 Å². The van der Waals surface area contributed by atoms with E-state index in [4.69, 9.17) is 9.47 Å². The summed E-state index contributed by atoms with van der Waals surface area (Å²) in [5, 5.41) is 2.77. The number of aromatic nitrogens is 1. The molecule has 1 amide bonds. The van der Waals surface area contributed by atoms with Crippen molar-refractivity contribution in [2.45, 2.75) is 6.92 Å². The number of ether oxygens (including phenoxy) is 2. The highest BCUT2D eigenvalue weighted by Gasteiger charge is 2.09. The van der Waals surface area contributed by atoms with Crippen LogP contribution in [0.4, 0.5) is 5.69 Å². The van der Waals surface area contributed by atoms with Crippen LogP contribution >= 0.6 is 15.9 Å². The minimum Gasteiger partial charge on any atom is -0.496 e. The summed E-state index contributed by atoms with van der Waals surface area (Å²) in [5.41, 5.74) is 1.13. The van der Waals surface area contributed by atoms with E-state index in [0.717, 1.165) is 4.47 Å². The highest BCUT2D eigenvalue weighted by molar-refractivity contribution is 9.10. The number of pyridine rings is 1. The maximum absolute atomic E-state index is 12.1. The number of hydrogen-bond donors (Lipinski definition) is 1. The number of carbonyl (C=O) groups excluding carboxylic acids is 1. The summed E-state index contributed by atoms with van der Waals surface area (Å²) in [6.45, 7) is 2.44. The maximum Gasteiger partial charge on any atom is 0.255 e. The maximum atomic E-state index is 12.1. The zero-order valence-corrected chi connectivity index (χ0v) is 13.3. The van der Waals surface area contributed by atoms with Crippen LogP contribution in [0, 0.1) is 0 Å². The first-order valence-electron chi connectivity index (χ1n) is 6.37. The molecule has 0 aliphatic carbocycles. The van der Waals surface area contributed by atoms with Crippen LogP contribution in [0.3, 0.4) is 0 Å². The van der Waals surface area contributed by atoms with Crippen molar-refractivity contribution >= 4 is 27.5 Å². The molecule has 6 heteroatoms. The summed E-state index contributed by atoms with van der Waals surface area (Å²) >= 11 is 3.35. The molecule has 0 saturated heterocycles. The van der Waals surface area contributed by atoms with Gasteiger partial charge in [0, 0.05) is 11.6 Å². The van der Waals surface area contributed by atoms with Gasteiger partial charge in [0.1, 0.15) is 5.75 Å². The number of benzene rings is 1. The van der Waals surface area contributed by atoms with Gasteiger partial charge in [0.25, 0.3) is 5.91 Å². The van der Waals surface area contributed by atoms with Crippen molar-refractivity contribution in [3.63, 3.8) is 0 Å². The van der Waals surface area contributed by atoms with Gasteiger partial charge in [-0.2, -0.15) is 0 Å². The number of halogens is 1. The number of hydrogen-bond acceptors (Lipinski definition) is 4. The van der Waals surface area contributed by atoms with Gasteiger partial charge in [-0.05, 0) is 47.1 Å². The van der Waals surface area contributed by atoms with Gasteiger partial charge in [0.05, 0.1) is 30.1 Å². The molecule has 0 bridgehead atoms. The predicted molar refractivity (Wildman–Crippen MR) is 84.1 cm³/mol. The molecule has 2 rings (SSSR count). The summed E-state index contributed by atoms with van der Waals surface area (Å²) in [6, 6.07) is 8.59. The summed E-state index contributed by atoms with van der Waals surface area (Å²) in [4.78, 5) is 16.2. The third-order valence-electron chi connectivity index (χ3n) is 2.70. The van der Waals surface area contributed by atoms with Gasteiger partial charge in [0.2, 0.25) is 5.88 Å². The van der Waals surface area contributed by atoms with E-state index in [-0.39, 0.29) is 5.91 Å². The lowest BCUT2D eigenvalue weighted by Gasteiger charge is -2.08. The summed E-state index contributed by atoms with van der Waals surface area (Å²) in [6.07, 6.45) is 1.56. The van der Waals surface area contributed by atoms with Crippen molar-refractivity contribution in [2.24, 2.45) is 0 Å². The van der Waals surface area contributed by atoms with Gasteiger partial charge in [-0.3, -0.25) is 4.79 Å². The van der Waals surface area contributed by atoms with Crippen molar-refractivity contribution in [2.75, 3.05) is 19.0 Å². The molecule has 1 aromatic heterocycles. The van der Waals surface area contributed by atoms with Crippen LogP contribution in [-0.4, -0.2) is 24.6 Å². The Balaban J connectivity index is 2.08. The molecule has 0 unspecified atom stereocenters. The Kier molecular flexibility index (Phi) is 5.16. The van der Waals surface area contributed by atoms with Crippen molar-refractivity contribution in [3.05, 3.63) is 46.6 Å². The predicted octanol–water partition coefficient (Wildman–Crippen LogP) is 3.50. The summed E-state index contributed by atoms with van der Waals surface area (Å²) < 4.78 is 11.1. The van der Waals surface area contributed by atoms with Crippen LogP contribution in [0.5, 0.6) is 11.6 Å². The van der Waals surface area contributed by atoms with Gasteiger partial charge in [-0.25, -0.2) is 4.98 Å². The van der Waals surface area contributed by atoms with Crippen LogP contribution in [0.1, 0.15) is 17.3 Å². The van der Waals surface area contributed by atoms with E-state index >= 15 is 0 Å². The fourth-order valence-corrected chi connectivity index (χ4v) is 2.24. The quantitative estimate of drug-likeness (QED) is 0.896. The SMILES string of the molecule is CCOc1ccc(NC(=O)c2ccc(OC)c(Br)c2)cn1. The molecular formula is C15H15BrN2O3. The number of anilines is 1. The van der Waals surface area contributed by atoms with Gasteiger partial charge in [-0.1, -0.05) is 0 Å². The number of nitrogens with zero attached hydrogens (tertiary/aromatic N) is 1. The fraction of sp³-hybridized carbons (Fsp3) is 0.200. The molecular weight excluding hydrogens is 336 g/mol. The first kappa shape index (κ1) is 15.3. The second-order valence-corrected chi connectivity index (χ2v) is 4.98. The Labute approximate surface area is 131 Å². The first-order valence-corrected chi connectivity index (χ1v) is 7.17. The molecule has 0 saturated carbocycles. The van der Waals surface area contributed by atoms with Crippen molar-refractivity contribution in [3.8, 4) is 11.6 Å². The number of nitrogens with one attached hydrogen (secondary N) is 1. The number of carbonyl (C=O) groups is 1. The van der Waals surface area contributed by atoms with E-state index in [1.165, 1.54) is 0 Å². The van der Waals surface area contributed by atoms with Crippen LogP contribution in [0.2, 0.25) is 0 Å². The lowest BCUT2D eigenvalue weighted by molar-refractivity contribution is 0.102. The summed E-state index contributed by atoms with van der Waals surface area (Å²) in [5.74, 6) is 0.987. The minimum atomic E-state index is -0.218. The Hall–Kier alpha value is -2.08. The normalized spacial score (nSPS) is 10.0. The third-order valence-corrected chi connectivity index (χ3v) is 3.32. The molecule has 2 aromatic rings. The van der Waals surface area contributed by atoms with Crippen molar-refractivity contribution in [1.82, 2.24) is 4.98 Å². The monoisotopic (exact) mass is 350 g/mol. The Morgan fingerprint density at radius 3 is 2.71 bits per heavy atom. The minimum absolute atomic E-state index is 0.218. The Morgan fingerprint density at radius 2 is 2.14 bits per heavy atom. The van der Waals surface area contributed by atoms with Gasteiger partial charge in [0.15, 0.2) is 0 Å². The lowest BCUT2D eigenvalue weighted by atomic mass is 10.2. The van der Waals surface area contributed by atoms with Crippen molar-refractivity contribution < 1.29 is 14.3 Å². The molecule has 0 spiro atoms. The fourth-order valence-electron chi connectivity index (χ4n) is 1.70. The molecule has 0 atom stereocenters. The van der Waals surface area contributed by atoms with Crippen LogP contribution in [-0.2, 0) is 0 Å². The van der Waals surface area contributed by atoms with Gasteiger partial charge >= 0.3 is 0 Å². The second-order valence-electron chi connectivity index (χ2n) is 4.12. The molecule has 1 heterocycles. The number of amides is 1. The van der Waals surface area contributed by atoms with Crippen LogP contribution in [0.15, 0.2) is 41.0 Å². The number of rotatable bonds is 5. The topological polar surface area (TPSA) is 60.5 Å². The summed E-state index contributed by atoms with van der Waals surface area (Å²) in [7, 11) is 1.57. The third kappa shape index (κ3) is 3.95. The second kappa shape index (κ2) is 7.08. The van der Waals surface area contributed by atoms with Crippen molar-refractivity contribution in [1.29, 1.82) is 0 Å². The van der Waals surface area contributed by atoms with Gasteiger partial charge in [-0.15, -0.1) is 0 Å². The van der Waals surface area contributed by atoms with E-state index in [1.807, 2.05) is 6.92 Å². The highest BCUT2D eigenvalue weighted by atomic mass is 79.9. The average molecular weight is 351 g/mol. The molecule has 0 fully saturated rings. The van der Waals surface area contributed by atoms with E-state index in [0.29, 0.717) is 29.5 Å². The zero-order chi connectivity index (χ0) is 15.2. The molecule has 5 nitrogen and oxygen atoms in total. The molecule has 110 valence electrons. The standard InChI is InChI=1S/C15H15BrN2O3/c1-3-21-14-7-5-11(9-17-14)18-15(19)10-4-6-13(20-2)12(16)8-10/h4-9H,3H2,1-2H3,(H,18,19). The van der Waals surface area contributed by atoms with E-state index in [2.05, 4.69) is 26.2 Å². The smallest absolute Gasteiger partial charge is 0.255 e.